The van der Waals surface area contributed by atoms with Crippen molar-refractivity contribution in [2.45, 2.75) is 98.1 Å². The van der Waals surface area contributed by atoms with Crippen LogP contribution in [0.3, 0.4) is 0 Å². The van der Waals surface area contributed by atoms with Gasteiger partial charge in [-0.15, -0.1) is 0 Å². The number of carbonyl (C=O) groups excluding carboxylic acids is 2. The molecule has 2 saturated heterocycles. The number of amides is 2. The van der Waals surface area contributed by atoms with Gasteiger partial charge >= 0.3 is 12.2 Å². The smallest absolute Gasteiger partial charge is 0.410 e. The topological polar surface area (TPSA) is 88.5 Å². The minimum Gasteiger partial charge on any atom is -0.489 e. The number of hydrogen-bond acceptors (Lipinski definition) is 6. The largest absolute Gasteiger partial charge is 0.489 e. The number of likely N-dealkylation sites (tertiary alicyclic amines) is 2. The molecule has 0 spiro atoms. The number of ether oxygens (including phenoxy) is 3. The van der Waals surface area contributed by atoms with Gasteiger partial charge in [0.15, 0.2) is 0 Å². The fourth-order valence-corrected chi connectivity index (χ4v) is 4.66. The van der Waals surface area contributed by atoms with E-state index in [-0.39, 0.29) is 42.1 Å². The molecule has 2 aromatic carbocycles. The first-order valence-electron chi connectivity index (χ1n) is 14.7. The van der Waals surface area contributed by atoms with Crippen molar-refractivity contribution in [2.24, 2.45) is 0 Å². The first kappa shape index (κ1) is 41.5. The Morgan fingerprint density at radius 3 is 1.57 bits per heavy atom. The van der Waals surface area contributed by atoms with Crippen molar-refractivity contribution in [3.8, 4) is 5.75 Å². The van der Waals surface area contributed by atoms with E-state index in [2.05, 4.69) is 31.9 Å². The van der Waals surface area contributed by atoms with Crippen molar-refractivity contribution in [1.29, 1.82) is 0 Å². The molecule has 0 unspecified atom stereocenters. The molecule has 0 bridgehead atoms. The van der Waals surface area contributed by atoms with Crippen LogP contribution in [0.4, 0.5) is 22.8 Å². The molecule has 0 aromatic heterocycles. The molecule has 4 rings (SSSR count). The van der Waals surface area contributed by atoms with Gasteiger partial charge in [-0.3, -0.25) is 0 Å². The first-order valence-corrected chi connectivity index (χ1v) is 16.3. The van der Waals surface area contributed by atoms with Gasteiger partial charge in [0.1, 0.15) is 40.5 Å². The molecule has 0 saturated carbocycles. The van der Waals surface area contributed by atoms with E-state index in [4.69, 9.17) is 14.2 Å². The SMILES string of the molecule is C.CC(C)(C)OC(=O)N1CCC(O)CC1.CC(C)(C)OC(=O)N1CCC(Oc2cc(F)ccc2Br)CC1.Fc1ccc(Br)c(F)c1. The highest BCUT2D eigenvalue weighted by Crippen LogP contribution is 2.29. The van der Waals surface area contributed by atoms with E-state index in [1.165, 1.54) is 24.3 Å². The number of aliphatic hydroxyl groups excluding tert-OH is 1. The number of benzene rings is 2. The van der Waals surface area contributed by atoms with Crippen LogP contribution in [0.5, 0.6) is 5.75 Å². The molecule has 2 amide bonds. The summed E-state index contributed by atoms with van der Waals surface area (Å²) >= 11 is 6.24. The highest BCUT2D eigenvalue weighted by Gasteiger charge is 2.28. The summed E-state index contributed by atoms with van der Waals surface area (Å²) in [5.74, 6) is -0.967. The molecule has 0 radical (unpaired) electrons. The Kier molecular flexibility index (Phi) is 16.9. The van der Waals surface area contributed by atoms with E-state index in [0.717, 1.165) is 10.5 Å². The standard InChI is InChI=1S/C16H21BrFNO3.C10H19NO3.C6H3BrF2.CH4/c1-16(2,3)22-15(20)19-8-6-12(7-9-19)21-14-10-11(18)4-5-13(14)17;1-10(2,3)14-9(13)11-6-4-8(12)5-7-11;7-5-2-1-4(8)3-6(5)9;/h4-5,10,12H,6-9H2,1-3H3;8,12H,4-7H2,1-3H3;1-3H;1H4. The summed E-state index contributed by atoms with van der Waals surface area (Å²) in [5.41, 5.74) is -0.927. The number of hydrogen-bond donors (Lipinski definition) is 1. The highest BCUT2D eigenvalue weighted by molar-refractivity contribution is 9.10. The molecule has 2 heterocycles. The number of halogens is 5. The van der Waals surface area contributed by atoms with Crippen LogP contribution < -0.4 is 4.74 Å². The van der Waals surface area contributed by atoms with E-state index in [9.17, 15) is 27.9 Å². The minimum atomic E-state index is -0.574. The van der Waals surface area contributed by atoms with Crippen LogP contribution in [0, 0.1) is 17.5 Å². The molecule has 2 fully saturated rings. The fourth-order valence-electron chi connectivity index (χ4n) is 4.08. The monoisotopic (exact) mass is 782 g/mol. The van der Waals surface area contributed by atoms with Crippen LogP contribution in [0.1, 0.15) is 74.7 Å². The number of piperidine rings is 2. The van der Waals surface area contributed by atoms with Gasteiger partial charge in [-0.2, -0.15) is 0 Å². The number of aliphatic hydroxyl groups is 1. The van der Waals surface area contributed by atoms with Crippen LogP contribution >= 0.6 is 31.9 Å². The van der Waals surface area contributed by atoms with Crippen molar-refractivity contribution in [1.82, 2.24) is 9.80 Å². The van der Waals surface area contributed by atoms with Gasteiger partial charge in [-0.25, -0.2) is 22.8 Å². The van der Waals surface area contributed by atoms with Gasteiger partial charge in [0.2, 0.25) is 0 Å². The van der Waals surface area contributed by atoms with Crippen LogP contribution in [0.2, 0.25) is 0 Å². The zero-order chi connectivity index (χ0) is 33.9. The summed E-state index contributed by atoms with van der Waals surface area (Å²) in [5, 5.41) is 9.26. The molecule has 46 heavy (non-hydrogen) atoms. The summed E-state index contributed by atoms with van der Waals surface area (Å²) in [4.78, 5) is 26.9. The molecule has 2 aliphatic heterocycles. The van der Waals surface area contributed by atoms with Crippen molar-refractivity contribution in [3.05, 3.63) is 62.8 Å². The van der Waals surface area contributed by atoms with Gasteiger partial charge in [0.05, 0.1) is 15.0 Å². The lowest BCUT2D eigenvalue weighted by Gasteiger charge is -2.33. The maximum atomic E-state index is 13.3. The second kappa shape index (κ2) is 18.7. The predicted octanol–water partition coefficient (Wildman–Crippen LogP) is 9.11. The normalized spacial score (nSPS) is 15.7. The molecular formula is C33H47Br2F3N2O6. The lowest BCUT2D eigenvalue weighted by molar-refractivity contribution is 0.00958. The molecule has 0 atom stereocenters. The average Bonchev–Trinajstić information content (AvgIpc) is 2.92. The van der Waals surface area contributed by atoms with Crippen LogP contribution in [0.25, 0.3) is 0 Å². The molecule has 1 N–H and O–H groups in total. The average molecular weight is 785 g/mol. The Morgan fingerprint density at radius 1 is 0.739 bits per heavy atom. The van der Waals surface area contributed by atoms with Crippen LogP contribution in [-0.2, 0) is 9.47 Å². The molecule has 0 aliphatic carbocycles. The van der Waals surface area contributed by atoms with E-state index in [1.807, 2.05) is 41.5 Å². The molecule has 260 valence electrons. The second-order valence-electron chi connectivity index (χ2n) is 12.6. The summed E-state index contributed by atoms with van der Waals surface area (Å²) in [6.07, 6.45) is 1.84. The minimum absolute atomic E-state index is 0. The van der Waals surface area contributed by atoms with Gasteiger partial charge in [-0.05, 0) is 111 Å². The molecule has 8 nitrogen and oxygen atoms in total. The third-order valence-electron chi connectivity index (χ3n) is 6.28. The number of carbonyl (C=O) groups is 2. The van der Waals surface area contributed by atoms with Crippen molar-refractivity contribution < 1.29 is 42.1 Å². The Hall–Kier alpha value is -2.51. The maximum absolute atomic E-state index is 13.3. The zero-order valence-electron chi connectivity index (χ0n) is 26.5. The summed E-state index contributed by atoms with van der Waals surface area (Å²) in [6.45, 7) is 13.4. The van der Waals surface area contributed by atoms with Crippen molar-refractivity contribution in [2.75, 3.05) is 26.2 Å². The van der Waals surface area contributed by atoms with E-state index in [0.29, 0.717) is 57.6 Å². The van der Waals surface area contributed by atoms with Gasteiger partial charge in [0, 0.05) is 51.2 Å². The lowest BCUT2D eigenvalue weighted by atomic mass is 10.1. The summed E-state index contributed by atoms with van der Waals surface area (Å²) in [6, 6.07) is 7.70. The highest BCUT2D eigenvalue weighted by atomic mass is 79.9. The molecular weight excluding hydrogens is 737 g/mol. The van der Waals surface area contributed by atoms with Crippen molar-refractivity contribution in [3.63, 3.8) is 0 Å². The lowest BCUT2D eigenvalue weighted by Crippen LogP contribution is -2.44. The predicted molar refractivity (Wildman–Crippen MR) is 179 cm³/mol. The second-order valence-corrected chi connectivity index (χ2v) is 14.3. The maximum Gasteiger partial charge on any atom is 0.410 e. The van der Waals surface area contributed by atoms with E-state index >= 15 is 0 Å². The number of rotatable bonds is 2. The summed E-state index contributed by atoms with van der Waals surface area (Å²) < 4.78 is 55.0. The quantitative estimate of drug-likeness (QED) is 0.306. The van der Waals surface area contributed by atoms with Crippen LogP contribution in [-0.4, -0.2) is 76.7 Å². The van der Waals surface area contributed by atoms with Crippen LogP contribution in [0.15, 0.2) is 45.3 Å². The summed E-state index contributed by atoms with van der Waals surface area (Å²) in [7, 11) is 0. The Morgan fingerprint density at radius 2 is 1.15 bits per heavy atom. The Labute approximate surface area is 287 Å². The Bertz CT molecular complexity index is 1260. The van der Waals surface area contributed by atoms with E-state index in [1.54, 1.807) is 15.9 Å². The van der Waals surface area contributed by atoms with Gasteiger partial charge in [0.25, 0.3) is 0 Å². The van der Waals surface area contributed by atoms with E-state index < -0.39 is 22.8 Å². The van der Waals surface area contributed by atoms with Gasteiger partial charge < -0.3 is 29.1 Å². The molecule has 13 heteroatoms. The first-order chi connectivity index (χ1) is 20.8. The zero-order valence-corrected chi connectivity index (χ0v) is 29.7. The fraction of sp³-hybridized carbons (Fsp3) is 0.576. The molecule has 2 aliphatic rings. The van der Waals surface area contributed by atoms with Gasteiger partial charge in [-0.1, -0.05) is 7.43 Å². The third kappa shape index (κ3) is 15.9. The Balaban J connectivity index is 0.000000377. The van der Waals surface area contributed by atoms with Crippen molar-refractivity contribution >= 4 is 44.0 Å². The third-order valence-corrected chi connectivity index (χ3v) is 7.58. The molecule has 2 aromatic rings. The number of nitrogens with zero attached hydrogens (tertiary/aromatic N) is 2.